The second-order valence-electron chi connectivity index (χ2n) is 2.81. The van der Waals surface area contributed by atoms with E-state index in [1.165, 1.54) is 0 Å². The number of fused-ring (bicyclic) bond motifs is 1. The molecule has 0 fully saturated rings. The van der Waals surface area contributed by atoms with Gasteiger partial charge < -0.3 is 0 Å². The Morgan fingerprint density at radius 1 is 1.20 bits per heavy atom. The minimum Gasteiger partial charge on any atom is -0.255 e. The fourth-order valence-corrected chi connectivity index (χ4v) is 1.57. The van der Waals surface area contributed by atoms with Gasteiger partial charge in [0.25, 0.3) is 0 Å². The highest BCUT2D eigenvalue weighted by Crippen LogP contribution is 2.18. The second-order valence-corrected chi connectivity index (χ2v) is 3.52. The van der Waals surface area contributed by atoms with Gasteiger partial charge in [-0.2, -0.15) is 0 Å². The lowest BCUT2D eigenvalue weighted by Gasteiger charge is -1.99. The van der Waals surface area contributed by atoms with Crippen molar-refractivity contribution >= 4 is 34.1 Å². The molecule has 0 amide bonds. The van der Waals surface area contributed by atoms with E-state index in [-0.39, 0.29) is 0 Å². The molecule has 0 saturated heterocycles. The average Bonchev–Trinajstić information content (AvgIpc) is 2.30. The SMILES string of the molecule is CC.ClCc1ccc2ncc(Cl)cc2c1. The third kappa shape index (κ3) is 3.08. The Balaban J connectivity index is 0.000000531. The Kier molecular flexibility index (Phi) is 4.86. The van der Waals surface area contributed by atoms with Gasteiger partial charge in [-0.25, -0.2) is 0 Å². The van der Waals surface area contributed by atoms with Crippen LogP contribution in [0.25, 0.3) is 10.9 Å². The van der Waals surface area contributed by atoms with Crippen molar-refractivity contribution in [3.05, 3.63) is 41.0 Å². The number of alkyl halides is 1. The molecule has 0 spiro atoms. The molecule has 1 heterocycles. The van der Waals surface area contributed by atoms with Crippen LogP contribution >= 0.6 is 23.2 Å². The molecule has 0 radical (unpaired) electrons. The van der Waals surface area contributed by atoms with E-state index in [2.05, 4.69) is 4.98 Å². The van der Waals surface area contributed by atoms with Crippen LogP contribution < -0.4 is 0 Å². The normalized spacial score (nSPS) is 9.60. The summed E-state index contributed by atoms with van der Waals surface area (Å²) < 4.78 is 0. The van der Waals surface area contributed by atoms with Crippen LogP contribution in [0.2, 0.25) is 5.02 Å². The van der Waals surface area contributed by atoms with E-state index >= 15 is 0 Å². The number of aromatic nitrogens is 1. The van der Waals surface area contributed by atoms with E-state index in [4.69, 9.17) is 23.2 Å². The zero-order chi connectivity index (χ0) is 11.3. The first kappa shape index (κ1) is 12.3. The van der Waals surface area contributed by atoms with Crippen LogP contribution in [0.4, 0.5) is 0 Å². The first-order valence-electron chi connectivity index (χ1n) is 4.90. The third-order valence-corrected chi connectivity index (χ3v) is 2.38. The maximum atomic E-state index is 5.82. The van der Waals surface area contributed by atoms with Crippen molar-refractivity contribution in [2.45, 2.75) is 19.7 Å². The first-order chi connectivity index (χ1) is 7.29. The quantitative estimate of drug-likeness (QED) is 0.663. The van der Waals surface area contributed by atoms with Crippen molar-refractivity contribution in [3.8, 4) is 0 Å². The van der Waals surface area contributed by atoms with E-state index in [1.54, 1.807) is 6.20 Å². The molecule has 15 heavy (non-hydrogen) atoms. The molecule has 0 aliphatic heterocycles. The third-order valence-electron chi connectivity index (χ3n) is 1.87. The topological polar surface area (TPSA) is 12.9 Å². The van der Waals surface area contributed by atoms with Crippen molar-refractivity contribution in [1.82, 2.24) is 4.98 Å². The highest BCUT2D eigenvalue weighted by Gasteiger charge is 1.97. The summed E-state index contributed by atoms with van der Waals surface area (Å²) in [5.41, 5.74) is 2.02. The Hall–Kier alpha value is -0.790. The van der Waals surface area contributed by atoms with Crippen LogP contribution in [-0.4, -0.2) is 4.98 Å². The summed E-state index contributed by atoms with van der Waals surface area (Å²) in [6, 6.07) is 7.81. The summed E-state index contributed by atoms with van der Waals surface area (Å²) in [5.74, 6) is 0.516. The molecule has 0 atom stereocenters. The predicted octanol–water partition coefficient (Wildman–Crippen LogP) is 4.65. The van der Waals surface area contributed by atoms with Gasteiger partial charge in [-0.15, -0.1) is 11.6 Å². The first-order valence-corrected chi connectivity index (χ1v) is 5.81. The van der Waals surface area contributed by atoms with Gasteiger partial charge in [0, 0.05) is 17.5 Å². The smallest absolute Gasteiger partial charge is 0.0703 e. The van der Waals surface area contributed by atoms with Gasteiger partial charge in [-0.1, -0.05) is 31.5 Å². The highest BCUT2D eigenvalue weighted by molar-refractivity contribution is 6.31. The van der Waals surface area contributed by atoms with Gasteiger partial charge >= 0.3 is 0 Å². The van der Waals surface area contributed by atoms with Gasteiger partial charge in [0.1, 0.15) is 0 Å². The molecule has 0 saturated carbocycles. The zero-order valence-electron chi connectivity index (χ0n) is 8.80. The summed E-state index contributed by atoms with van der Waals surface area (Å²) in [7, 11) is 0. The number of pyridine rings is 1. The lowest BCUT2D eigenvalue weighted by molar-refractivity contribution is 1.37. The van der Waals surface area contributed by atoms with Gasteiger partial charge in [0.15, 0.2) is 0 Å². The van der Waals surface area contributed by atoms with Gasteiger partial charge in [0.05, 0.1) is 10.5 Å². The van der Waals surface area contributed by atoms with Crippen LogP contribution in [-0.2, 0) is 5.88 Å². The fraction of sp³-hybridized carbons (Fsp3) is 0.250. The molecule has 3 heteroatoms. The van der Waals surface area contributed by atoms with Crippen LogP contribution in [0.1, 0.15) is 19.4 Å². The molecule has 0 aliphatic rings. The van der Waals surface area contributed by atoms with Gasteiger partial charge in [0.2, 0.25) is 0 Å². The molecule has 0 N–H and O–H groups in total. The van der Waals surface area contributed by atoms with Crippen molar-refractivity contribution in [1.29, 1.82) is 0 Å². The summed E-state index contributed by atoms with van der Waals surface area (Å²) >= 11 is 11.5. The van der Waals surface area contributed by atoms with E-state index in [1.807, 2.05) is 38.1 Å². The van der Waals surface area contributed by atoms with Gasteiger partial charge in [-0.05, 0) is 23.8 Å². The van der Waals surface area contributed by atoms with Crippen LogP contribution in [0.5, 0.6) is 0 Å². The molecule has 80 valence electrons. The van der Waals surface area contributed by atoms with Gasteiger partial charge in [-0.3, -0.25) is 4.98 Å². The lowest BCUT2D eigenvalue weighted by atomic mass is 10.1. The molecule has 2 rings (SSSR count). The molecule has 1 aromatic heterocycles. The van der Waals surface area contributed by atoms with E-state index < -0.39 is 0 Å². The largest absolute Gasteiger partial charge is 0.255 e. The molecule has 2 aromatic rings. The highest BCUT2D eigenvalue weighted by atomic mass is 35.5. The molecular formula is C12H13Cl2N. The monoisotopic (exact) mass is 241 g/mol. The summed E-state index contributed by atoms with van der Waals surface area (Å²) in [4.78, 5) is 4.18. The van der Waals surface area contributed by atoms with Crippen molar-refractivity contribution in [2.75, 3.05) is 0 Å². The zero-order valence-corrected chi connectivity index (χ0v) is 10.3. The average molecular weight is 242 g/mol. The van der Waals surface area contributed by atoms with Crippen LogP contribution in [0.15, 0.2) is 30.5 Å². The number of nitrogens with zero attached hydrogens (tertiary/aromatic N) is 1. The summed E-state index contributed by atoms with van der Waals surface area (Å²) in [6.07, 6.45) is 1.64. The summed E-state index contributed by atoms with van der Waals surface area (Å²) in [5, 5.41) is 1.69. The lowest BCUT2D eigenvalue weighted by Crippen LogP contribution is -1.81. The minimum absolute atomic E-state index is 0.516. The van der Waals surface area contributed by atoms with Crippen molar-refractivity contribution in [3.63, 3.8) is 0 Å². The second kappa shape index (κ2) is 5.94. The molecule has 0 aliphatic carbocycles. The molecule has 0 unspecified atom stereocenters. The Morgan fingerprint density at radius 3 is 2.60 bits per heavy atom. The van der Waals surface area contributed by atoms with E-state index in [0.29, 0.717) is 10.9 Å². The van der Waals surface area contributed by atoms with E-state index in [9.17, 15) is 0 Å². The number of benzene rings is 1. The fourth-order valence-electron chi connectivity index (χ4n) is 1.24. The van der Waals surface area contributed by atoms with Crippen LogP contribution in [0, 0.1) is 0 Å². The van der Waals surface area contributed by atoms with Crippen LogP contribution in [0.3, 0.4) is 0 Å². The van der Waals surface area contributed by atoms with Crippen molar-refractivity contribution in [2.24, 2.45) is 0 Å². The Bertz CT molecular complexity index is 441. The number of rotatable bonds is 1. The molecule has 1 aromatic carbocycles. The summed E-state index contributed by atoms with van der Waals surface area (Å²) in [6.45, 7) is 4.00. The molecular weight excluding hydrogens is 229 g/mol. The Labute approximate surface area is 100 Å². The maximum Gasteiger partial charge on any atom is 0.0703 e. The van der Waals surface area contributed by atoms with E-state index in [0.717, 1.165) is 16.5 Å². The molecule has 0 bridgehead atoms. The number of hydrogen-bond acceptors (Lipinski definition) is 1. The molecule has 1 nitrogen and oxygen atoms in total. The minimum atomic E-state index is 0.516. The van der Waals surface area contributed by atoms with Crippen molar-refractivity contribution < 1.29 is 0 Å². The maximum absolute atomic E-state index is 5.82. The predicted molar refractivity (Wildman–Crippen MR) is 67.7 cm³/mol. The Morgan fingerprint density at radius 2 is 1.93 bits per heavy atom. The number of halogens is 2. The standard InChI is InChI=1S/C10H7Cl2N.C2H6/c11-5-7-1-2-10-8(3-7)4-9(12)6-13-10;1-2/h1-4,6H,5H2;1-2H3. The number of hydrogen-bond donors (Lipinski definition) is 0.